The highest BCUT2D eigenvalue weighted by molar-refractivity contribution is 5.97. The van der Waals surface area contributed by atoms with Gasteiger partial charge >= 0.3 is 0 Å². The van der Waals surface area contributed by atoms with Gasteiger partial charge in [0, 0.05) is 110 Å². The number of rotatable bonds is 15. The van der Waals surface area contributed by atoms with E-state index in [1.54, 1.807) is 36.8 Å². The zero-order valence-electron chi connectivity index (χ0n) is 52.9. The van der Waals surface area contributed by atoms with E-state index in [-0.39, 0.29) is 87.8 Å². The first-order chi connectivity index (χ1) is 46.8. The minimum Gasteiger partial charge on any atom is -0.382 e. The van der Waals surface area contributed by atoms with Crippen LogP contribution in [0.3, 0.4) is 0 Å². The average Bonchev–Trinajstić information content (AvgIpc) is 1.80. The molecule has 6 fully saturated rings. The van der Waals surface area contributed by atoms with Crippen LogP contribution >= 0.6 is 0 Å². The predicted octanol–water partition coefficient (Wildman–Crippen LogP) is 12.1. The fraction of sp³-hybridized carbons (Fsp3) is 0.320. The maximum atomic E-state index is 14.9. The Labute approximate surface area is 554 Å². The maximum absolute atomic E-state index is 14.9. The first-order valence-corrected chi connectivity index (χ1v) is 32.9. The van der Waals surface area contributed by atoms with Crippen LogP contribution < -0.4 is 33.2 Å². The van der Waals surface area contributed by atoms with Crippen molar-refractivity contribution in [2.24, 2.45) is 0 Å². The number of hydrogen-bond acceptors (Lipinski definition) is 15. The first kappa shape index (κ1) is 64.7. The third kappa shape index (κ3) is 15.4. The molecule has 3 aromatic heterocycles. The van der Waals surface area contributed by atoms with Crippen LogP contribution in [0.4, 0.5) is 30.6 Å². The van der Waals surface area contributed by atoms with E-state index in [9.17, 15) is 27.6 Å². The second-order valence-electron chi connectivity index (χ2n) is 25.3. The van der Waals surface area contributed by atoms with Crippen LogP contribution in [0.2, 0.25) is 0 Å². The quantitative estimate of drug-likeness (QED) is 0.0557. The van der Waals surface area contributed by atoms with Gasteiger partial charge < -0.3 is 47.4 Å². The van der Waals surface area contributed by atoms with Crippen LogP contribution in [0.15, 0.2) is 164 Å². The Balaban J connectivity index is 0.000000130. The van der Waals surface area contributed by atoms with Gasteiger partial charge in [-0.25, -0.2) is 43.1 Å². The molecule has 3 aliphatic carbocycles. The number of ether oxygens (including phenoxy) is 3. The van der Waals surface area contributed by atoms with Gasteiger partial charge in [0.2, 0.25) is 0 Å². The summed E-state index contributed by atoms with van der Waals surface area (Å²) in [6.45, 7) is 4.15. The van der Waals surface area contributed by atoms with Crippen molar-refractivity contribution < 1.29 is 41.8 Å². The lowest BCUT2D eigenvalue weighted by molar-refractivity contribution is 0.0843. The van der Waals surface area contributed by atoms with E-state index in [2.05, 4.69) is 45.9 Å². The smallest absolute Gasteiger partial charge is 0.254 e. The molecule has 6 heterocycles. The van der Waals surface area contributed by atoms with Crippen LogP contribution in [0, 0.1) is 17.5 Å². The Morgan fingerprint density at radius 1 is 0.375 bits per heavy atom. The molecule has 6 aromatic carbocycles. The lowest BCUT2D eigenvalue weighted by Crippen LogP contribution is -2.27. The molecule has 0 unspecified atom stereocenters. The summed E-state index contributed by atoms with van der Waals surface area (Å²) in [5.74, 6) is -0.722. The molecular weight excluding hydrogens is 1220 g/mol. The standard InChI is InChI=1S/3C25H25FN4O2/c3*26-20-12-17(23-24(27)28-14-22(29-23)16-8-10-32-11-9-16)6-7-18(20)25(31)30-21-13-19(21)15-4-2-1-3-5-15/h3*1-7,12,14,16,19,21H,8-11,13H2,(H2,27,28)(H,30,31)/t3*19-,21+/m110/s1. The Hall–Kier alpha value is -9.96. The number of amides is 3. The third-order valence-corrected chi connectivity index (χ3v) is 18.8. The number of nitrogens with zero attached hydrogens (tertiary/aromatic N) is 6. The van der Waals surface area contributed by atoms with Crippen LogP contribution in [-0.2, 0) is 14.2 Å². The minimum absolute atomic E-state index is 0.0135. The van der Waals surface area contributed by atoms with Gasteiger partial charge in [0.05, 0.1) is 52.4 Å². The molecule has 6 atom stereocenters. The molecular formula is C75H75F3N12O6. The Bertz CT molecular complexity index is 3830. The topological polar surface area (TPSA) is 270 Å². The van der Waals surface area contributed by atoms with E-state index >= 15 is 0 Å². The highest BCUT2D eigenvalue weighted by Crippen LogP contribution is 2.44. The molecule has 9 aromatic rings. The normalized spacial score (nSPS) is 20.7. The molecule has 9 N–H and O–H groups in total. The van der Waals surface area contributed by atoms with Crippen LogP contribution in [0.25, 0.3) is 33.8 Å². The number of nitrogens with one attached hydrogen (secondary N) is 3. The summed E-state index contributed by atoms with van der Waals surface area (Å²) in [7, 11) is 0. The molecule has 6 aliphatic rings. The largest absolute Gasteiger partial charge is 0.382 e. The van der Waals surface area contributed by atoms with Crippen molar-refractivity contribution in [3.63, 3.8) is 0 Å². The molecule has 0 radical (unpaired) electrons. The molecule has 18 nitrogen and oxygen atoms in total. The van der Waals surface area contributed by atoms with Crippen molar-refractivity contribution in [3.8, 4) is 33.8 Å². The Kier molecular flexibility index (Phi) is 19.8. The van der Waals surface area contributed by atoms with Gasteiger partial charge in [-0.05, 0) is 111 Å². The maximum Gasteiger partial charge on any atom is 0.254 e. The number of halogens is 3. The van der Waals surface area contributed by atoms with E-state index in [4.69, 9.17) is 31.4 Å². The lowest BCUT2D eigenvalue weighted by atomic mass is 9.96. The zero-order chi connectivity index (χ0) is 66.2. The van der Waals surface area contributed by atoms with E-state index in [1.807, 2.05) is 91.0 Å². The van der Waals surface area contributed by atoms with E-state index in [0.717, 1.165) is 74.9 Å². The monoisotopic (exact) mass is 1300 g/mol. The number of hydrogen-bond donors (Lipinski definition) is 6. The molecule has 3 aliphatic heterocycles. The van der Waals surface area contributed by atoms with Crippen molar-refractivity contribution in [2.75, 3.05) is 56.8 Å². The minimum atomic E-state index is -0.602. The van der Waals surface area contributed by atoms with Crippen molar-refractivity contribution >= 4 is 35.2 Å². The van der Waals surface area contributed by atoms with Gasteiger partial charge in [0.15, 0.2) is 0 Å². The number of benzene rings is 6. The molecule has 3 saturated carbocycles. The van der Waals surface area contributed by atoms with E-state index in [1.165, 1.54) is 53.1 Å². The summed E-state index contributed by atoms with van der Waals surface area (Å²) in [6.07, 6.45) is 12.9. The second-order valence-corrected chi connectivity index (χ2v) is 25.3. The number of nitrogen functional groups attached to an aromatic ring is 3. The summed E-state index contributed by atoms with van der Waals surface area (Å²) in [5, 5.41) is 8.82. The van der Waals surface area contributed by atoms with Crippen molar-refractivity contribution in [2.45, 2.75) is 111 Å². The molecule has 3 saturated heterocycles. The number of carbonyl (C=O) groups is 3. The predicted molar refractivity (Wildman–Crippen MR) is 359 cm³/mol. The fourth-order valence-electron chi connectivity index (χ4n) is 13.0. The fourth-order valence-corrected chi connectivity index (χ4v) is 13.0. The first-order valence-electron chi connectivity index (χ1n) is 32.9. The molecule has 21 heteroatoms. The van der Waals surface area contributed by atoms with E-state index in [0.29, 0.717) is 73.4 Å². The molecule has 96 heavy (non-hydrogen) atoms. The Morgan fingerprint density at radius 3 is 0.885 bits per heavy atom. The number of anilines is 3. The Morgan fingerprint density at radius 2 is 0.635 bits per heavy atom. The average molecular weight is 1300 g/mol. The van der Waals surface area contributed by atoms with Crippen molar-refractivity contribution in [3.05, 3.63) is 232 Å². The molecule has 492 valence electrons. The summed E-state index contributed by atoms with van der Waals surface area (Å²) in [4.78, 5) is 64.8. The summed E-state index contributed by atoms with van der Waals surface area (Å²) in [6, 6.07) is 43.6. The SMILES string of the molecule is Nc1ncc(C2CCOCC2)nc1-c1ccc(C(=O)N[C@@H]2C[C@H]2c2ccccc2)c(F)c1.Nc1ncc(C2CCOCC2)nc1-c1ccc(C(=O)N[C@H]2C[C@@H]2c2ccccc2)c(F)c1.Nc1ncc(C2CCOCC2)nc1-c1ccc(C(=O)N[C@H]2C[C@@H]2c2ccccc2)c(F)c1. The van der Waals surface area contributed by atoms with Crippen molar-refractivity contribution in [1.29, 1.82) is 0 Å². The van der Waals surface area contributed by atoms with Gasteiger partial charge in [-0.1, -0.05) is 109 Å². The number of carbonyl (C=O) groups excluding carboxylic acids is 3. The van der Waals surface area contributed by atoms with Crippen LogP contribution in [-0.4, -0.2) is 105 Å². The van der Waals surface area contributed by atoms with Crippen LogP contribution in [0.1, 0.15) is 158 Å². The third-order valence-electron chi connectivity index (χ3n) is 18.8. The molecule has 15 rings (SSSR count). The lowest BCUT2D eigenvalue weighted by Gasteiger charge is -2.22. The summed E-state index contributed by atoms with van der Waals surface area (Å²) in [5.41, 5.74) is 27.1. The van der Waals surface area contributed by atoms with Gasteiger partial charge in [-0.2, -0.15) is 0 Å². The van der Waals surface area contributed by atoms with E-state index < -0.39 is 35.2 Å². The summed E-state index contributed by atoms with van der Waals surface area (Å²) < 4.78 is 60.9. The van der Waals surface area contributed by atoms with Crippen molar-refractivity contribution in [1.82, 2.24) is 45.9 Å². The molecule has 3 amide bonds. The highest BCUT2D eigenvalue weighted by atomic mass is 19.1. The van der Waals surface area contributed by atoms with Gasteiger partial charge in [0.25, 0.3) is 17.7 Å². The van der Waals surface area contributed by atoms with Gasteiger partial charge in [0.1, 0.15) is 52.0 Å². The van der Waals surface area contributed by atoms with Gasteiger partial charge in [-0.15, -0.1) is 0 Å². The second kappa shape index (κ2) is 29.4. The number of nitrogens with two attached hydrogens (primary N) is 3. The zero-order valence-corrected chi connectivity index (χ0v) is 52.9. The van der Waals surface area contributed by atoms with Gasteiger partial charge in [-0.3, -0.25) is 14.4 Å². The van der Waals surface area contributed by atoms with Crippen LogP contribution in [0.5, 0.6) is 0 Å². The highest BCUT2D eigenvalue weighted by Gasteiger charge is 2.42. The molecule has 0 spiro atoms. The molecule has 0 bridgehead atoms. The summed E-state index contributed by atoms with van der Waals surface area (Å²) >= 11 is 0. The number of aromatic nitrogens is 6.